The fraction of sp³-hybridized carbons (Fsp3) is 0.375. The molecule has 3 rings (SSSR count). The molecule has 5 nitrogen and oxygen atoms in total. The van der Waals surface area contributed by atoms with Crippen molar-refractivity contribution in [2.24, 2.45) is 5.73 Å². The molecule has 2 N–H and O–H groups in total. The quantitative estimate of drug-likeness (QED) is 0.875. The van der Waals surface area contributed by atoms with Crippen LogP contribution in [0, 0.1) is 0 Å². The first-order valence-electron chi connectivity index (χ1n) is 7.42. The summed E-state index contributed by atoms with van der Waals surface area (Å²) in [4.78, 5) is 4.29. The minimum absolute atomic E-state index is 0. The maximum Gasteiger partial charge on any atom is 0.387 e. The number of halogens is 3. The lowest BCUT2D eigenvalue weighted by Gasteiger charge is -2.17. The number of nitrogens with two attached hydrogens (primary N) is 1. The largest absolute Gasteiger partial charge is 0.434 e. The Morgan fingerprint density at radius 2 is 1.92 bits per heavy atom. The summed E-state index contributed by atoms with van der Waals surface area (Å²) in [5.74, 6) is 0.861. The number of aromatic nitrogens is 2. The average molecular weight is 358 g/mol. The van der Waals surface area contributed by atoms with Crippen molar-refractivity contribution in [1.29, 1.82) is 0 Å². The molecule has 130 valence electrons. The summed E-state index contributed by atoms with van der Waals surface area (Å²) >= 11 is 0. The Bertz CT molecular complexity index is 700. The molecule has 1 fully saturated rings. The number of benzene rings is 1. The summed E-state index contributed by atoms with van der Waals surface area (Å²) in [6.45, 7) is -2.88. The van der Waals surface area contributed by atoms with Crippen molar-refractivity contribution >= 4 is 24.6 Å². The van der Waals surface area contributed by atoms with Gasteiger partial charge in [0.1, 0.15) is 5.75 Å². The van der Waals surface area contributed by atoms with Crippen molar-refractivity contribution in [3.8, 4) is 5.75 Å². The van der Waals surface area contributed by atoms with E-state index in [1.807, 2.05) is 0 Å². The van der Waals surface area contributed by atoms with Crippen molar-refractivity contribution in [2.75, 3.05) is 0 Å². The molecule has 0 saturated heterocycles. The molecule has 2 aromatic rings. The van der Waals surface area contributed by atoms with Crippen LogP contribution in [0.1, 0.15) is 43.0 Å². The third-order valence-corrected chi connectivity index (χ3v) is 3.92. The maximum absolute atomic E-state index is 12.4. The lowest BCUT2D eigenvalue weighted by Crippen LogP contribution is -2.34. The van der Waals surface area contributed by atoms with E-state index in [1.54, 1.807) is 30.4 Å². The number of hydrogen-bond donors (Lipinski definition) is 1. The molecule has 24 heavy (non-hydrogen) atoms. The number of rotatable bonds is 5. The normalized spacial score (nSPS) is 16.5. The van der Waals surface area contributed by atoms with Gasteiger partial charge in [-0.05, 0) is 25.0 Å². The Labute approximate surface area is 144 Å². The van der Waals surface area contributed by atoms with Crippen LogP contribution >= 0.6 is 12.4 Å². The SMILES string of the molecule is Cl.NC1(c2noc(/C=C/c3ccccc3OC(F)F)n2)CCCC1. The Hall–Kier alpha value is -1.99. The molecule has 0 atom stereocenters. The molecule has 0 aliphatic heterocycles. The Morgan fingerprint density at radius 3 is 2.62 bits per heavy atom. The highest BCUT2D eigenvalue weighted by molar-refractivity contribution is 5.85. The van der Waals surface area contributed by atoms with Crippen molar-refractivity contribution in [3.63, 3.8) is 0 Å². The molecular weight excluding hydrogens is 340 g/mol. The van der Waals surface area contributed by atoms with Gasteiger partial charge in [0.25, 0.3) is 5.89 Å². The number of hydrogen-bond acceptors (Lipinski definition) is 5. The van der Waals surface area contributed by atoms with E-state index in [-0.39, 0.29) is 24.0 Å². The van der Waals surface area contributed by atoms with E-state index in [1.165, 1.54) is 6.07 Å². The van der Waals surface area contributed by atoms with E-state index in [9.17, 15) is 8.78 Å². The zero-order chi connectivity index (χ0) is 16.3. The van der Waals surface area contributed by atoms with Gasteiger partial charge in [-0.3, -0.25) is 0 Å². The molecule has 1 aromatic carbocycles. The lowest BCUT2D eigenvalue weighted by atomic mass is 9.99. The average Bonchev–Trinajstić information content (AvgIpc) is 3.16. The predicted molar refractivity (Wildman–Crippen MR) is 87.9 cm³/mol. The molecule has 0 radical (unpaired) electrons. The van der Waals surface area contributed by atoms with E-state index in [0.29, 0.717) is 11.4 Å². The fourth-order valence-electron chi connectivity index (χ4n) is 2.72. The van der Waals surface area contributed by atoms with Crippen LogP contribution in [0.2, 0.25) is 0 Å². The molecule has 1 saturated carbocycles. The third kappa shape index (κ3) is 4.10. The van der Waals surface area contributed by atoms with Gasteiger partial charge in [0, 0.05) is 11.6 Å². The summed E-state index contributed by atoms with van der Waals surface area (Å²) in [6.07, 6.45) is 6.92. The highest BCUT2D eigenvalue weighted by Crippen LogP contribution is 2.34. The van der Waals surface area contributed by atoms with Gasteiger partial charge in [-0.1, -0.05) is 36.2 Å². The standard InChI is InChI=1S/C16H17F2N3O2.ClH/c17-15(18)22-12-6-2-1-5-11(12)7-8-13-20-14(21-23-13)16(19)9-3-4-10-16;/h1-2,5-8,15H,3-4,9-10,19H2;1H/b8-7+;. The lowest BCUT2D eigenvalue weighted by molar-refractivity contribution is -0.0499. The fourth-order valence-corrected chi connectivity index (χ4v) is 2.72. The van der Waals surface area contributed by atoms with Crippen LogP contribution in [0.15, 0.2) is 28.8 Å². The minimum Gasteiger partial charge on any atom is -0.434 e. The van der Waals surface area contributed by atoms with Crippen LogP contribution in [-0.4, -0.2) is 16.8 Å². The zero-order valence-electron chi connectivity index (χ0n) is 12.8. The van der Waals surface area contributed by atoms with E-state index >= 15 is 0 Å². The van der Waals surface area contributed by atoms with Crippen LogP contribution in [-0.2, 0) is 5.54 Å². The van der Waals surface area contributed by atoms with E-state index in [2.05, 4.69) is 14.9 Å². The summed E-state index contributed by atoms with van der Waals surface area (Å²) in [7, 11) is 0. The van der Waals surface area contributed by atoms with Crippen molar-refractivity contribution < 1.29 is 18.0 Å². The Morgan fingerprint density at radius 1 is 1.21 bits per heavy atom. The van der Waals surface area contributed by atoms with Gasteiger partial charge in [-0.2, -0.15) is 13.8 Å². The van der Waals surface area contributed by atoms with Gasteiger partial charge in [-0.15, -0.1) is 12.4 Å². The third-order valence-electron chi connectivity index (χ3n) is 3.92. The zero-order valence-corrected chi connectivity index (χ0v) is 13.6. The molecule has 0 bridgehead atoms. The second-order valence-electron chi connectivity index (χ2n) is 5.57. The second-order valence-corrected chi connectivity index (χ2v) is 5.57. The van der Waals surface area contributed by atoms with Crippen LogP contribution in [0.3, 0.4) is 0 Å². The summed E-state index contributed by atoms with van der Waals surface area (Å²) in [5.41, 5.74) is 6.24. The summed E-state index contributed by atoms with van der Waals surface area (Å²) < 4.78 is 34.4. The van der Waals surface area contributed by atoms with E-state index in [4.69, 9.17) is 10.3 Å². The molecule has 1 aromatic heterocycles. The van der Waals surface area contributed by atoms with Gasteiger partial charge in [0.15, 0.2) is 5.82 Å². The summed E-state index contributed by atoms with van der Waals surface area (Å²) in [5, 5.41) is 3.94. The van der Waals surface area contributed by atoms with E-state index in [0.717, 1.165) is 25.7 Å². The number of alkyl halides is 2. The summed E-state index contributed by atoms with van der Waals surface area (Å²) in [6, 6.07) is 6.48. The minimum atomic E-state index is -2.88. The molecule has 1 aliphatic rings. The second kappa shape index (κ2) is 7.72. The molecule has 0 unspecified atom stereocenters. The Kier molecular flexibility index (Phi) is 5.90. The molecule has 0 amide bonds. The van der Waals surface area contributed by atoms with Crippen LogP contribution in [0.4, 0.5) is 8.78 Å². The molecular formula is C16H18ClF2N3O2. The molecule has 0 spiro atoms. The van der Waals surface area contributed by atoms with Crippen LogP contribution < -0.4 is 10.5 Å². The highest BCUT2D eigenvalue weighted by Gasteiger charge is 2.35. The van der Waals surface area contributed by atoms with Gasteiger partial charge >= 0.3 is 6.61 Å². The number of nitrogens with zero attached hydrogens (tertiary/aromatic N) is 2. The van der Waals surface area contributed by atoms with Gasteiger partial charge in [0.2, 0.25) is 0 Å². The van der Waals surface area contributed by atoms with Crippen LogP contribution in [0.5, 0.6) is 5.75 Å². The highest BCUT2D eigenvalue weighted by atomic mass is 35.5. The first-order chi connectivity index (χ1) is 11.1. The van der Waals surface area contributed by atoms with Crippen molar-refractivity contribution in [2.45, 2.75) is 37.8 Å². The topological polar surface area (TPSA) is 74.2 Å². The number of ether oxygens (including phenoxy) is 1. The van der Waals surface area contributed by atoms with Crippen LogP contribution in [0.25, 0.3) is 12.2 Å². The first-order valence-corrected chi connectivity index (χ1v) is 7.42. The van der Waals surface area contributed by atoms with Crippen molar-refractivity contribution in [1.82, 2.24) is 10.1 Å². The van der Waals surface area contributed by atoms with Crippen molar-refractivity contribution in [3.05, 3.63) is 41.5 Å². The monoisotopic (exact) mass is 357 g/mol. The van der Waals surface area contributed by atoms with Gasteiger partial charge in [0.05, 0.1) is 5.54 Å². The molecule has 1 aliphatic carbocycles. The Balaban J connectivity index is 0.00000208. The first kappa shape index (κ1) is 18.4. The van der Waals surface area contributed by atoms with E-state index < -0.39 is 12.2 Å². The predicted octanol–water partition coefficient (Wildman–Crippen LogP) is 3.99. The molecule has 8 heteroatoms. The molecule has 1 heterocycles. The maximum atomic E-state index is 12.4. The number of para-hydroxylation sites is 1. The van der Waals surface area contributed by atoms with Gasteiger partial charge in [-0.25, -0.2) is 0 Å². The smallest absolute Gasteiger partial charge is 0.387 e. The van der Waals surface area contributed by atoms with Gasteiger partial charge < -0.3 is 15.0 Å².